The van der Waals surface area contributed by atoms with E-state index >= 15 is 0 Å². The molecule has 0 saturated carbocycles. The molecule has 0 aromatic rings. The molecule has 0 atom stereocenters. The Morgan fingerprint density at radius 1 is 0.633 bits per heavy atom. The van der Waals surface area contributed by atoms with Crippen LogP contribution in [-0.2, 0) is 19.1 Å². The molecule has 10 heteroatoms. The molecule has 0 aliphatic heterocycles. The number of hydrogen-bond donors (Lipinski definition) is 0. The Kier molecular flexibility index (Phi) is 17.5. The van der Waals surface area contributed by atoms with Gasteiger partial charge in [0, 0.05) is 0 Å². The van der Waals surface area contributed by atoms with E-state index in [1.54, 1.807) is 0 Å². The molecular weight excluding hydrogens is 642 g/mol. The summed E-state index contributed by atoms with van der Waals surface area (Å²) in [6.45, 7) is 16.4. The van der Waals surface area contributed by atoms with Gasteiger partial charge in [-0.1, -0.05) is 39.3 Å². The van der Waals surface area contributed by atoms with Crippen LogP contribution in [0.1, 0.15) is 12.8 Å². The van der Waals surface area contributed by atoms with Crippen molar-refractivity contribution in [2.45, 2.75) is 52.1 Å². The van der Waals surface area contributed by atoms with E-state index in [0.717, 1.165) is 34.4 Å². The van der Waals surface area contributed by atoms with Gasteiger partial charge >= 0.3 is 11.9 Å². The van der Waals surface area contributed by atoms with Crippen molar-refractivity contribution < 1.29 is 76.0 Å². The lowest BCUT2D eigenvalue weighted by Crippen LogP contribution is -3.00. The van der Waals surface area contributed by atoms with Crippen LogP contribution in [0.25, 0.3) is 0 Å². The second kappa shape index (κ2) is 14.8. The van der Waals surface area contributed by atoms with Gasteiger partial charge in [-0.05, 0) is 0 Å². The maximum absolute atomic E-state index is 11.9. The van der Waals surface area contributed by atoms with Crippen LogP contribution in [-0.4, -0.2) is 104 Å². The molecule has 0 heterocycles. The summed E-state index contributed by atoms with van der Waals surface area (Å²) in [5.74, 6) is -0.639. The first-order valence-electron chi connectivity index (χ1n) is 10.4. The standard InChI is InChI=1S/C20H46N2O4Si2.2HI/c1-21(2,17-27(5,6)7)13-15-25-19(23)11-12-20(24)26-16-14-22(3,4)18-28(8,9)10;;/h11-18H2,1-10H3;2*1H/q+2;;/p-2. The van der Waals surface area contributed by atoms with Gasteiger partial charge in [0.05, 0.1) is 53.4 Å². The van der Waals surface area contributed by atoms with Crippen LogP contribution in [0.15, 0.2) is 0 Å². The molecule has 0 amide bonds. The van der Waals surface area contributed by atoms with Crippen molar-refractivity contribution in [1.29, 1.82) is 0 Å². The van der Waals surface area contributed by atoms with E-state index < -0.39 is 16.1 Å². The second-order valence-electron chi connectivity index (χ2n) is 11.7. The third kappa shape index (κ3) is 22.0. The van der Waals surface area contributed by atoms with Gasteiger partial charge in [0.2, 0.25) is 0 Å². The van der Waals surface area contributed by atoms with Crippen LogP contribution in [0.2, 0.25) is 39.3 Å². The molecule has 0 radical (unpaired) electrons. The fourth-order valence-electron chi connectivity index (χ4n) is 3.89. The topological polar surface area (TPSA) is 52.6 Å². The number of halogens is 2. The van der Waals surface area contributed by atoms with Gasteiger partial charge < -0.3 is 66.4 Å². The van der Waals surface area contributed by atoms with E-state index in [2.05, 4.69) is 67.5 Å². The van der Waals surface area contributed by atoms with Crippen LogP contribution in [0.3, 0.4) is 0 Å². The number of hydrogen-bond acceptors (Lipinski definition) is 4. The number of ether oxygens (including phenoxy) is 2. The number of carbonyl (C=O) groups excluding carboxylic acids is 2. The number of nitrogens with zero attached hydrogens (tertiary/aromatic N) is 2. The van der Waals surface area contributed by atoms with Gasteiger partial charge in [-0.3, -0.25) is 9.59 Å². The zero-order valence-electron chi connectivity index (χ0n) is 20.9. The molecule has 0 bridgehead atoms. The molecule has 30 heavy (non-hydrogen) atoms. The monoisotopic (exact) mass is 688 g/mol. The Balaban J connectivity index is -0.00000364. The predicted molar refractivity (Wildman–Crippen MR) is 122 cm³/mol. The van der Waals surface area contributed by atoms with Crippen molar-refractivity contribution in [1.82, 2.24) is 0 Å². The van der Waals surface area contributed by atoms with E-state index in [-0.39, 0.29) is 72.7 Å². The van der Waals surface area contributed by atoms with E-state index in [9.17, 15) is 9.59 Å². The Morgan fingerprint density at radius 2 is 0.900 bits per heavy atom. The van der Waals surface area contributed by atoms with Gasteiger partial charge in [0.25, 0.3) is 0 Å². The number of likely N-dealkylation sites (N-methyl/N-ethyl adjacent to an activating group) is 2. The smallest absolute Gasteiger partial charge is 0.306 e. The van der Waals surface area contributed by atoms with E-state index in [0.29, 0.717) is 13.2 Å². The maximum atomic E-state index is 11.9. The van der Waals surface area contributed by atoms with Crippen LogP contribution >= 0.6 is 0 Å². The van der Waals surface area contributed by atoms with Crippen molar-refractivity contribution in [2.24, 2.45) is 0 Å². The largest absolute Gasteiger partial charge is 1.00 e. The fourth-order valence-corrected chi connectivity index (χ4v) is 9.34. The maximum Gasteiger partial charge on any atom is 0.306 e. The number of esters is 2. The summed E-state index contributed by atoms with van der Waals surface area (Å²) in [5.41, 5.74) is 0. The van der Waals surface area contributed by atoms with Gasteiger partial charge in [0.1, 0.15) is 42.5 Å². The summed E-state index contributed by atoms with van der Waals surface area (Å²) in [6, 6.07) is 0. The van der Waals surface area contributed by atoms with Crippen molar-refractivity contribution in [3.05, 3.63) is 0 Å². The Hall–Kier alpha value is 0.754. The average molecular weight is 689 g/mol. The molecule has 0 aliphatic carbocycles. The molecule has 0 spiro atoms. The van der Waals surface area contributed by atoms with E-state index in [1.807, 2.05) is 0 Å². The highest BCUT2D eigenvalue weighted by Gasteiger charge is 2.27. The fraction of sp³-hybridized carbons (Fsp3) is 0.900. The van der Waals surface area contributed by atoms with E-state index in [4.69, 9.17) is 9.47 Å². The quantitative estimate of drug-likeness (QED) is 0.0886. The third-order valence-corrected chi connectivity index (χ3v) is 7.87. The molecule has 0 rings (SSSR count). The van der Waals surface area contributed by atoms with Crippen LogP contribution in [0.4, 0.5) is 0 Å². The zero-order chi connectivity index (χ0) is 22.2. The Labute approximate surface area is 221 Å². The molecule has 0 aromatic heterocycles. The van der Waals surface area contributed by atoms with Gasteiger partial charge in [0.15, 0.2) is 0 Å². The first-order chi connectivity index (χ1) is 12.4. The number of quaternary nitrogens is 2. The van der Waals surface area contributed by atoms with Gasteiger partial charge in [-0.2, -0.15) is 0 Å². The summed E-state index contributed by atoms with van der Waals surface area (Å²) in [7, 11) is 6.35. The van der Waals surface area contributed by atoms with Crippen molar-refractivity contribution in [3.63, 3.8) is 0 Å². The lowest BCUT2D eigenvalue weighted by Gasteiger charge is -2.34. The summed E-state index contributed by atoms with van der Waals surface area (Å²) in [4.78, 5) is 23.8. The van der Waals surface area contributed by atoms with Crippen molar-refractivity contribution in [3.8, 4) is 0 Å². The molecule has 182 valence electrons. The summed E-state index contributed by atoms with van der Waals surface area (Å²) >= 11 is 0. The minimum atomic E-state index is -1.17. The second-order valence-corrected chi connectivity index (χ2v) is 22.6. The molecule has 0 fully saturated rings. The molecule has 0 saturated heterocycles. The van der Waals surface area contributed by atoms with Gasteiger partial charge in [-0.15, -0.1) is 0 Å². The minimum absolute atomic E-state index is 0. The average Bonchev–Trinajstić information content (AvgIpc) is 2.39. The molecular formula is C20H46I2N2O4Si2. The van der Waals surface area contributed by atoms with Crippen LogP contribution < -0.4 is 48.0 Å². The SMILES string of the molecule is C[N+](C)(CCOC(=O)CCC(=O)OCC[N+](C)(C)C[Si](C)(C)C)C[Si](C)(C)C.[I-].[I-]. The Bertz CT molecular complexity index is 474. The molecule has 0 aliphatic rings. The highest BCUT2D eigenvalue weighted by atomic mass is 127. The predicted octanol–water partition coefficient (Wildman–Crippen LogP) is -3.23. The normalized spacial score (nSPS) is 12.5. The van der Waals surface area contributed by atoms with Crippen LogP contribution in [0.5, 0.6) is 0 Å². The lowest BCUT2D eigenvalue weighted by atomic mass is 10.3. The van der Waals surface area contributed by atoms with Crippen molar-refractivity contribution in [2.75, 3.05) is 66.8 Å². The minimum Gasteiger partial charge on any atom is -1.00 e. The number of carbonyl (C=O) groups is 2. The van der Waals surface area contributed by atoms with Crippen molar-refractivity contribution >= 4 is 28.1 Å². The third-order valence-electron chi connectivity index (χ3n) is 4.26. The zero-order valence-corrected chi connectivity index (χ0v) is 27.3. The highest BCUT2D eigenvalue weighted by molar-refractivity contribution is 6.76. The molecule has 0 N–H and O–H groups in total. The summed E-state index contributed by atoms with van der Waals surface area (Å²) in [6.07, 6.45) is 2.47. The lowest BCUT2D eigenvalue weighted by molar-refractivity contribution is -0.880. The molecule has 0 aromatic carbocycles. The first-order valence-corrected chi connectivity index (χ1v) is 17.8. The first kappa shape index (κ1) is 35.3. The van der Waals surface area contributed by atoms with Gasteiger partial charge in [-0.25, -0.2) is 0 Å². The van der Waals surface area contributed by atoms with Crippen LogP contribution in [0, 0.1) is 0 Å². The number of rotatable bonds is 13. The Morgan fingerprint density at radius 3 is 1.13 bits per heavy atom. The molecule has 0 unspecified atom stereocenters. The molecule has 6 nitrogen and oxygen atoms in total. The summed E-state index contributed by atoms with van der Waals surface area (Å²) in [5, 5.41) is 0. The summed E-state index contributed by atoms with van der Waals surface area (Å²) < 4.78 is 12.3. The van der Waals surface area contributed by atoms with E-state index in [1.165, 1.54) is 0 Å². The highest BCUT2D eigenvalue weighted by Crippen LogP contribution is 2.10.